The highest BCUT2D eigenvalue weighted by atomic mass is 79.9. The molecule has 0 bridgehead atoms. The van der Waals surface area contributed by atoms with Crippen molar-refractivity contribution < 1.29 is 9.53 Å². The molecule has 0 aliphatic carbocycles. The lowest BCUT2D eigenvalue weighted by atomic mass is 10.1. The van der Waals surface area contributed by atoms with Crippen molar-refractivity contribution in [2.75, 3.05) is 7.11 Å². The number of hydrogen-bond donors (Lipinski definition) is 0. The van der Waals surface area contributed by atoms with E-state index in [0.717, 1.165) is 10.0 Å². The third-order valence-electron chi connectivity index (χ3n) is 2.98. The minimum absolute atomic E-state index is 0.0453. The zero-order valence-electron chi connectivity index (χ0n) is 11.5. The number of hydrogen-bond acceptors (Lipinski definition) is 3. The smallest absolute Gasteiger partial charge is 0.265 e. The summed E-state index contributed by atoms with van der Waals surface area (Å²) in [6.07, 6.45) is 1.59. The minimum Gasteiger partial charge on any atom is -0.496 e. The van der Waals surface area contributed by atoms with Crippen LogP contribution in [0, 0.1) is 6.92 Å². The molecule has 0 aliphatic rings. The number of carbonyl (C=O) groups is 1. The zero-order chi connectivity index (χ0) is 15.6. The van der Waals surface area contributed by atoms with Crippen LogP contribution >= 0.6 is 31.9 Å². The highest BCUT2D eigenvalue weighted by molar-refractivity contribution is 9.11. The predicted octanol–water partition coefficient (Wildman–Crippen LogP) is 3.57. The number of aromatic nitrogens is 1. The molecule has 0 saturated carbocycles. The van der Waals surface area contributed by atoms with Crippen LogP contribution in [0.25, 0.3) is 0 Å². The normalized spacial score (nSPS) is 10.5. The summed E-state index contributed by atoms with van der Waals surface area (Å²) < 4.78 is 7.72. The first-order chi connectivity index (χ1) is 9.92. The second kappa shape index (κ2) is 6.58. The number of methoxy groups -OCH3 is 1. The Morgan fingerprint density at radius 3 is 2.67 bits per heavy atom. The lowest BCUT2D eigenvalue weighted by Gasteiger charge is -2.10. The van der Waals surface area contributed by atoms with Gasteiger partial charge in [0, 0.05) is 10.7 Å². The number of carbonyl (C=O) groups excluding carboxylic acids is 1. The third-order valence-corrected chi connectivity index (χ3v) is 3.98. The van der Waals surface area contributed by atoms with Crippen LogP contribution in [0.1, 0.15) is 15.9 Å². The molecule has 0 aliphatic heterocycles. The molecule has 0 fully saturated rings. The Hall–Kier alpha value is -1.40. The van der Waals surface area contributed by atoms with Gasteiger partial charge in [0.2, 0.25) is 0 Å². The number of benzene rings is 1. The first-order valence-electron chi connectivity index (χ1n) is 6.15. The van der Waals surface area contributed by atoms with Crippen LogP contribution in [0.3, 0.4) is 0 Å². The molecular weight excluding hydrogens is 402 g/mol. The molecule has 1 aromatic carbocycles. The largest absolute Gasteiger partial charge is 0.496 e. The van der Waals surface area contributed by atoms with Gasteiger partial charge in [0.25, 0.3) is 5.56 Å². The van der Waals surface area contributed by atoms with Gasteiger partial charge in [-0.2, -0.15) is 0 Å². The van der Waals surface area contributed by atoms with Gasteiger partial charge in [-0.05, 0) is 62.5 Å². The number of halogens is 2. The van der Waals surface area contributed by atoms with E-state index in [1.807, 2.05) is 13.0 Å². The number of ketones is 1. The molecule has 1 heterocycles. The summed E-state index contributed by atoms with van der Waals surface area (Å²) in [4.78, 5) is 24.4. The average Bonchev–Trinajstić information content (AvgIpc) is 2.43. The number of nitrogens with zero attached hydrogens (tertiary/aromatic N) is 1. The second-order valence-corrected chi connectivity index (χ2v) is 6.34. The average molecular weight is 415 g/mol. The molecule has 0 N–H and O–H groups in total. The molecule has 4 nitrogen and oxygen atoms in total. The molecule has 110 valence electrons. The Morgan fingerprint density at radius 1 is 1.29 bits per heavy atom. The Kier molecular flexibility index (Phi) is 5.00. The Labute approximate surface area is 139 Å². The van der Waals surface area contributed by atoms with Crippen molar-refractivity contribution in [2.24, 2.45) is 0 Å². The fraction of sp³-hybridized carbons (Fsp3) is 0.200. The quantitative estimate of drug-likeness (QED) is 0.718. The lowest BCUT2D eigenvalue weighted by Crippen LogP contribution is -2.24. The molecule has 0 amide bonds. The van der Waals surface area contributed by atoms with Crippen LogP contribution in [0.4, 0.5) is 0 Å². The van der Waals surface area contributed by atoms with Crippen LogP contribution in [-0.4, -0.2) is 17.5 Å². The van der Waals surface area contributed by atoms with Gasteiger partial charge in [-0.15, -0.1) is 0 Å². The number of pyridine rings is 1. The van der Waals surface area contributed by atoms with Crippen LogP contribution in [0.2, 0.25) is 0 Å². The first-order valence-corrected chi connectivity index (χ1v) is 7.74. The van der Waals surface area contributed by atoms with Crippen molar-refractivity contribution in [1.82, 2.24) is 4.57 Å². The van der Waals surface area contributed by atoms with E-state index < -0.39 is 0 Å². The number of Topliss-reactive ketones (excluding diaryl/α,β-unsaturated/α-hetero) is 1. The van der Waals surface area contributed by atoms with Crippen molar-refractivity contribution in [1.29, 1.82) is 0 Å². The van der Waals surface area contributed by atoms with Crippen molar-refractivity contribution in [3.8, 4) is 5.75 Å². The zero-order valence-corrected chi connectivity index (χ0v) is 14.7. The van der Waals surface area contributed by atoms with Gasteiger partial charge in [0.05, 0.1) is 23.7 Å². The van der Waals surface area contributed by atoms with Gasteiger partial charge in [0.15, 0.2) is 5.78 Å². The molecule has 1 aromatic heterocycles. The van der Waals surface area contributed by atoms with Crippen LogP contribution in [0.15, 0.2) is 44.2 Å². The highest BCUT2D eigenvalue weighted by Gasteiger charge is 2.14. The third kappa shape index (κ3) is 3.63. The van der Waals surface area contributed by atoms with Crippen molar-refractivity contribution in [3.05, 3.63) is 60.9 Å². The SMILES string of the molecule is COc1cc(C)ccc1C(=O)Cn1cc(Br)cc(Br)c1=O. The van der Waals surface area contributed by atoms with Gasteiger partial charge >= 0.3 is 0 Å². The minimum atomic E-state index is -0.252. The van der Waals surface area contributed by atoms with E-state index in [0.29, 0.717) is 15.8 Å². The summed E-state index contributed by atoms with van der Waals surface area (Å²) in [6, 6.07) is 7.01. The summed E-state index contributed by atoms with van der Waals surface area (Å²) in [5.41, 5.74) is 1.22. The molecule has 21 heavy (non-hydrogen) atoms. The molecule has 0 radical (unpaired) electrons. The van der Waals surface area contributed by atoms with E-state index in [1.54, 1.807) is 24.4 Å². The summed E-state index contributed by atoms with van der Waals surface area (Å²) in [7, 11) is 1.52. The van der Waals surface area contributed by atoms with E-state index in [9.17, 15) is 9.59 Å². The molecule has 0 saturated heterocycles. The summed E-state index contributed by atoms with van der Waals surface area (Å²) in [6.45, 7) is 1.88. The van der Waals surface area contributed by atoms with Gasteiger partial charge < -0.3 is 9.30 Å². The maximum atomic E-state index is 12.4. The summed E-state index contributed by atoms with van der Waals surface area (Å²) in [5, 5.41) is 0. The monoisotopic (exact) mass is 413 g/mol. The summed E-state index contributed by atoms with van der Waals surface area (Å²) in [5.74, 6) is 0.334. The summed E-state index contributed by atoms with van der Waals surface area (Å²) >= 11 is 6.49. The second-order valence-electron chi connectivity index (χ2n) is 4.57. The maximum absolute atomic E-state index is 12.4. The van der Waals surface area contributed by atoms with E-state index in [-0.39, 0.29) is 17.9 Å². The highest BCUT2D eigenvalue weighted by Crippen LogP contribution is 2.21. The van der Waals surface area contributed by atoms with Gasteiger partial charge in [0.1, 0.15) is 5.75 Å². The van der Waals surface area contributed by atoms with Crippen molar-refractivity contribution >= 4 is 37.6 Å². The molecule has 0 spiro atoms. The van der Waals surface area contributed by atoms with E-state index in [4.69, 9.17) is 4.74 Å². The van der Waals surface area contributed by atoms with Crippen LogP contribution in [0.5, 0.6) is 5.75 Å². The molecule has 2 rings (SSSR count). The predicted molar refractivity (Wildman–Crippen MR) is 88.2 cm³/mol. The standard InChI is InChI=1S/C15H13Br2NO3/c1-9-3-4-11(14(5-9)21-2)13(19)8-18-7-10(16)6-12(17)15(18)20/h3-7H,8H2,1-2H3. The Bertz CT molecular complexity index is 753. The van der Waals surface area contributed by atoms with Crippen LogP contribution in [-0.2, 0) is 6.54 Å². The molecule has 6 heteroatoms. The maximum Gasteiger partial charge on any atom is 0.265 e. The van der Waals surface area contributed by atoms with Gasteiger partial charge in [-0.3, -0.25) is 9.59 Å². The molecule has 2 aromatic rings. The van der Waals surface area contributed by atoms with Crippen molar-refractivity contribution in [2.45, 2.75) is 13.5 Å². The van der Waals surface area contributed by atoms with Crippen LogP contribution < -0.4 is 10.3 Å². The molecule has 0 unspecified atom stereocenters. The lowest BCUT2D eigenvalue weighted by molar-refractivity contribution is 0.0967. The fourth-order valence-electron chi connectivity index (χ4n) is 1.95. The van der Waals surface area contributed by atoms with Gasteiger partial charge in [-0.1, -0.05) is 6.07 Å². The van der Waals surface area contributed by atoms with E-state index in [2.05, 4.69) is 31.9 Å². The first kappa shape index (κ1) is 16.0. The topological polar surface area (TPSA) is 48.3 Å². The Morgan fingerprint density at radius 2 is 2.00 bits per heavy atom. The van der Waals surface area contributed by atoms with Crippen molar-refractivity contribution in [3.63, 3.8) is 0 Å². The number of aryl methyl sites for hydroxylation is 1. The number of rotatable bonds is 4. The number of ether oxygens (including phenoxy) is 1. The fourth-order valence-corrected chi connectivity index (χ4v) is 3.21. The Balaban J connectivity index is 2.37. The van der Waals surface area contributed by atoms with E-state index >= 15 is 0 Å². The van der Waals surface area contributed by atoms with E-state index in [1.165, 1.54) is 11.7 Å². The molecular formula is C15H13Br2NO3. The molecule has 0 atom stereocenters. The van der Waals surface area contributed by atoms with Gasteiger partial charge in [-0.25, -0.2) is 0 Å².